The molecule has 1 rings (SSSR count). The minimum atomic E-state index is -0.208. The van der Waals surface area contributed by atoms with Gasteiger partial charge in [-0.05, 0) is 44.0 Å². The first-order chi connectivity index (χ1) is 9.45. The van der Waals surface area contributed by atoms with E-state index in [0.717, 1.165) is 17.8 Å². The summed E-state index contributed by atoms with van der Waals surface area (Å²) in [4.78, 5) is 2.22. The van der Waals surface area contributed by atoms with Crippen molar-refractivity contribution >= 4 is 5.69 Å². The molecular weight excluding hydrogens is 255 g/mol. The summed E-state index contributed by atoms with van der Waals surface area (Å²) in [6.45, 7) is 9.96. The summed E-state index contributed by atoms with van der Waals surface area (Å²) in [5, 5.41) is 12.4. The van der Waals surface area contributed by atoms with Crippen molar-refractivity contribution in [1.29, 1.82) is 0 Å². The average molecular weight is 282 g/mol. The highest BCUT2D eigenvalue weighted by atomic mass is 19.1. The Morgan fingerprint density at radius 1 is 1.25 bits per heavy atom. The molecule has 114 valence electrons. The summed E-state index contributed by atoms with van der Waals surface area (Å²) in [5.74, 6) is -0.208. The van der Waals surface area contributed by atoms with Crippen LogP contribution in [-0.2, 0) is 6.54 Å². The Kier molecular flexibility index (Phi) is 6.96. The SMILES string of the molecule is CC(C)NCc1cc(F)ccc1N(CCCO)C(C)C. The van der Waals surface area contributed by atoms with E-state index in [1.807, 2.05) is 6.07 Å². The minimum absolute atomic E-state index is 0.171. The second-order valence-electron chi connectivity index (χ2n) is 5.67. The molecule has 20 heavy (non-hydrogen) atoms. The van der Waals surface area contributed by atoms with Gasteiger partial charge in [0.2, 0.25) is 0 Å². The first-order valence-corrected chi connectivity index (χ1v) is 7.35. The van der Waals surface area contributed by atoms with Gasteiger partial charge >= 0.3 is 0 Å². The topological polar surface area (TPSA) is 35.5 Å². The van der Waals surface area contributed by atoms with Crippen molar-refractivity contribution in [2.24, 2.45) is 0 Å². The van der Waals surface area contributed by atoms with Crippen LogP contribution in [0.4, 0.5) is 10.1 Å². The molecule has 0 aliphatic carbocycles. The molecule has 1 aromatic rings. The molecule has 2 N–H and O–H groups in total. The van der Waals surface area contributed by atoms with Crippen molar-refractivity contribution < 1.29 is 9.50 Å². The summed E-state index contributed by atoms with van der Waals surface area (Å²) >= 11 is 0. The Bertz CT molecular complexity index is 407. The Hall–Kier alpha value is -1.13. The summed E-state index contributed by atoms with van der Waals surface area (Å²) in [6.07, 6.45) is 0.715. The molecule has 0 radical (unpaired) electrons. The Balaban J connectivity index is 2.99. The minimum Gasteiger partial charge on any atom is -0.396 e. The van der Waals surface area contributed by atoms with Gasteiger partial charge in [0.25, 0.3) is 0 Å². The van der Waals surface area contributed by atoms with Crippen LogP contribution in [-0.4, -0.2) is 30.3 Å². The smallest absolute Gasteiger partial charge is 0.123 e. The lowest BCUT2D eigenvalue weighted by Crippen LogP contribution is -2.34. The molecular formula is C16H27FN2O. The predicted octanol–water partition coefficient (Wildman–Crippen LogP) is 2.92. The molecule has 0 amide bonds. The van der Waals surface area contributed by atoms with Gasteiger partial charge in [0, 0.05) is 37.5 Å². The van der Waals surface area contributed by atoms with Crippen LogP contribution < -0.4 is 10.2 Å². The number of aliphatic hydroxyl groups is 1. The Morgan fingerprint density at radius 3 is 2.50 bits per heavy atom. The number of benzene rings is 1. The zero-order valence-electron chi connectivity index (χ0n) is 13.0. The average Bonchev–Trinajstić information content (AvgIpc) is 2.38. The number of rotatable bonds is 8. The van der Waals surface area contributed by atoms with Gasteiger partial charge in [-0.15, -0.1) is 0 Å². The monoisotopic (exact) mass is 282 g/mol. The third-order valence-electron chi connectivity index (χ3n) is 3.23. The maximum atomic E-state index is 13.5. The molecule has 0 aliphatic heterocycles. The number of nitrogens with one attached hydrogen (secondary N) is 1. The van der Waals surface area contributed by atoms with Crippen LogP contribution in [0.25, 0.3) is 0 Å². The van der Waals surface area contributed by atoms with E-state index in [2.05, 4.69) is 37.9 Å². The van der Waals surface area contributed by atoms with Crippen LogP contribution in [0.15, 0.2) is 18.2 Å². The molecule has 0 saturated heterocycles. The summed E-state index contributed by atoms with van der Waals surface area (Å²) < 4.78 is 13.5. The van der Waals surface area contributed by atoms with E-state index in [1.165, 1.54) is 6.07 Å². The van der Waals surface area contributed by atoms with Crippen molar-refractivity contribution in [3.05, 3.63) is 29.6 Å². The molecule has 0 saturated carbocycles. The van der Waals surface area contributed by atoms with Gasteiger partial charge in [0.1, 0.15) is 5.82 Å². The molecule has 1 aromatic carbocycles. The number of hydrogen-bond donors (Lipinski definition) is 2. The fourth-order valence-electron chi connectivity index (χ4n) is 2.19. The highest BCUT2D eigenvalue weighted by Gasteiger charge is 2.15. The zero-order valence-corrected chi connectivity index (χ0v) is 13.0. The molecule has 0 aromatic heterocycles. The van der Waals surface area contributed by atoms with Gasteiger partial charge in [0.15, 0.2) is 0 Å². The van der Waals surface area contributed by atoms with Crippen LogP contribution in [0.2, 0.25) is 0 Å². The molecule has 3 nitrogen and oxygen atoms in total. The number of halogens is 1. The summed E-state index contributed by atoms with van der Waals surface area (Å²) in [7, 11) is 0. The lowest BCUT2D eigenvalue weighted by Gasteiger charge is -2.31. The van der Waals surface area contributed by atoms with Gasteiger partial charge in [-0.2, -0.15) is 0 Å². The molecule has 0 heterocycles. The fraction of sp³-hybridized carbons (Fsp3) is 0.625. The summed E-state index contributed by atoms with van der Waals surface area (Å²) in [6, 6.07) is 5.60. The first kappa shape index (κ1) is 16.9. The normalized spacial score (nSPS) is 11.4. The van der Waals surface area contributed by atoms with Crippen molar-refractivity contribution in [1.82, 2.24) is 5.32 Å². The lowest BCUT2D eigenvalue weighted by atomic mass is 10.1. The quantitative estimate of drug-likeness (QED) is 0.769. The second kappa shape index (κ2) is 8.22. The molecule has 0 aliphatic rings. The first-order valence-electron chi connectivity index (χ1n) is 7.35. The van der Waals surface area contributed by atoms with Gasteiger partial charge in [-0.1, -0.05) is 13.8 Å². The number of hydrogen-bond acceptors (Lipinski definition) is 3. The van der Waals surface area contributed by atoms with Crippen LogP contribution in [0.3, 0.4) is 0 Å². The van der Waals surface area contributed by atoms with Crippen molar-refractivity contribution in [2.45, 2.75) is 52.7 Å². The highest BCUT2D eigenvalue weighted by Crippen LogP contribution is 2.24. The molecule has 0 unspecified atom stereocenters. The molecule has 0 bridgehead atoms. The third kappa shape index (κ3) is 5.10. The van der Waals surface area contributed by atoms with Gasteiger partial charge in [-0.25, -0.2) is 4.39 Å². The molecule has 0 atom stereocenters. The fourth-order valence-corrected chi connectivity index (χ4v) is 2.19. The molecule has 0 fully saturated rings. The highest BCUT2D eigenvalue weighted by molar-refractivity contribution is 5.54. The van der Waals surface area contributed by atoms with E-state index in [4.69, 9.17) is 5.11 Å². The van der Waals surface area contributed by atoms with E-state index in [9.17, 15) is 4.39 Å². The molecule has 0 spiro atoms. The number of nitrogens with zero attached hydrogens (tertiary/aromatic N) is 1. The van der Waals surface area contributed by atoms with Crippen LogP contribution in [0.1, 0.15) is 39.7 Å². The van der Waals surface area contributed by atoms with E-state index >= 15 is 0 Å². The number of anilines is 1. The van der Waals surface area contributed by atoms with E-state index < -0.39 is 0 Å². The Morgan fingerprint density at radius 2 is 1.95 bits per heavy atom. The van der Waals surface area contributed by atoms with Crippen LogP contribution >= 0.6 is 0 Å². The third-order valence-corrected chi connectivity index (χ3v) is 3.23. The summed E-state index contributed by atoms with van der Waals surface area (Å²) in [5.41, 5.74) is 2.01. The largest absolute Gasteiger partial charge is 0.396 e. The van der Waals surface area contributed by atoms with Crippen molar-refractivity contribution in [3.63, 3.8) is 0 Å². The van der Waals surface area contributed by atoms with Crippen molar-refractivity contribution in [2.75, 3.05) is 18.1 Å². The second-order valence-corrected chi connectivity index (χ2v) is 5.67. The van der Waals surface area contributed by atoms with Crippen molar-refractivity contribution in [3.8, 4) is 0 Å². The standard InChI is InChI=1S/C16H27FN2O/c1-12(2)18-11-14-10-15(17)6-7-16(14)19(13(3)4)8-5-9-20/h6-7,10,12-13,18,20H,5,8-9,11H2,1-4H3. The number of aliphatic hydroxyl groups excluding tert-OH is 1. The maximum absolute atomic E-state index is 13.5. The lowest BCUT2D eigenvalue weighted by molar-refractivity contribution is 0.288. The molecule has 4 heteroatoms. The van der Waals surface area contributed by atoms with Gasteiger partial charge in [-0.3, -0.25) is 0 Å². The van der Waals surface area contributed by atoms with Crippen LogP contribution in [0, 0.1) is 5.82 Å². The van der Waals surface area contributed by atoms with E-state index in [-0.39, 0.29) is 12.4 Å². The van der Waals surface area contributed by atoms with Crippen LogP contribution in [0.5, 0.6) is 0 Å². The van der Waals surface area contributed by atoms with E-state index in [1.54, 1.807) is 6.07 Å². The zero-order chi connectivity index (χ0) is 15.1. The predicted molar refractivity (Wildman–Crippen MR) is 82.6 cm³/mol. The maximum Gasteiger partial charge on any atom is 0.123 e. The van der Waals surface area contributed by atoms with Gasteiger partial charge in [0.05, 0.1) is 0 Å². The Labute approximate surface area is 121 Å². The van der Waals surface area contributed by atoms with E-state index in [0.29, 0.717) is 25.0 Å². The van der Waals surface area contributed by atoms with Gasteiger partial charge < -0.3 is 15.3 Å².